The summed E-state index contributed by atoms with van der Waals surface area (Å²) in [6.45, 7) is 2.95. The van der Waals surface area contributed by atoms with Gasteiger partial charge in [0.15, 0.2) is 11.6 Å². The molecule has 0 radical (unpaired) electrons. The monoisotopic (exact) mass is 411 g/mol. The van der Waals surface area contributed by atoms with Crippen molar-refractivity contribution in [3.63, 3.8) is 0 Å². The number of hydrogen-bond acceptors (Lipinski definition) is 6. The van der Waals surface area contributed by atoms with Crippen molar-refractivity contribution in [3.8, 4) is 5.75 Å². The predicted molar refractivity (Wildman–Crippen MR) is 104 cm³/mol. The third-order valence-electron chi connectivity index (χ3n) is 4.53. The summed E-state index contributed by atoms with van der Waals surface area (Å²) in [4.78, 5) is 27.6. The molecule has 1 aromatic carbocycles. The van der Waals surface area contributed by atoms with Gasteiger partial charge in [-0.1, -0.05) is 18.0 Å². The number of nitrogens with one attached hydrogen (secondary N) is 2. The standard InChI is InChI=1S/C19H26FN3O4S/c1-13(15-6-7-16(20)17(10-15)26-12-14-4-5-14)22-28-9-3-2-8-27-23-11-18(24)21-19(23)25/h6-7,10,13-14,22H,2-5,8-9,11-12H2,1H3,(H,21,24,25). The Balaban J connectivity index is 1.29. The highest BCUT2D eigenvalue weighted by molar-refractivity contribution is 7.97. The number of ether oxygens (including phenoxy) is 1. The van der Waals surface area contributed by atoms with Crippen LogP contribution in [0.25, 0.3) is 0 Å². The Morgan fingerprint density at radius 3 is 2.89 bits per heavy atom. The number of unbranched alkanes of at least 4 members (excludes halogenated alkanes) is 1. The molecule has 1 aliphatic carbocycles. The van der Waals surface area contributed by atoms with Crippen LogP contribution >= 0.6 is 11.9 Å². The van der Waals surface area contributed by atoms with Gasteiger partial charge in [0.2, 0.25) is 5.91 Å². The molecule has 28 heavy (non-hydrogen) atoms. The van der Waals surface area contributed by atoms with Crippen LogP contribution < -0.4 is 14.8 Å². The molecule has 1 saturated heterocycles. The first-order chi connectivity index (χ1) is 13.5. The van der Waals surface area contributed by atoms with Crippen LogP contribution in [0.1, 0.15) is 44.2 Å². The van der Waals surface area contributed by atoms with Crippen molar-refractivity contribution < 1.29 is 23.6 Å². The van der Waals surface area contributed by atoms with Gasteiger partial charge >= 0.3 is 6.03 Å². The Kier molecular flexibility index (Phi) is 7.52. The van der Waals surface area contributed by atoms with Crippen LogP contribution in [-0.2, 0) is 9.63 Å². The highest BCUT2D eigenvalue weighted by atomic mass is 32.2. The van der Waals surface area contributed by atoms with Crippen molar-refractivity contribution >= 4 is 23.9 Å². The fraction of sp³-hybridized carbons (Fsp3) is 0.579. The van der Waals surface area contributed by atoms with E-state index in [0.717, 1.165) is 29.2 Å². The van der Waals surface area contributed by atoms with Crippen LogP contribution in [0.2, 0.25) is 0 Å². The number of imide groups is 1. The number of benzene rings is 1. The van der Waals surface area contributed by atoms with Gasteiger partial charge in [-0.25, -0.2) is 9.18 Å². The molecule has 1 heterocycles. The average molecular weight is 411 g/mol. The molecular formula is C19H26FN3O4S. The van der Waals surface area contributed by atoms with Crippen molar-refractivity contribution in [2.24, 2.45) is 5.92 Å². The molecule has 1 aromatic rings. The van der Waals surface area contributed by atoms with Crippen LogP contribution in [-0.4, -0.2) is 42.5 Å². The zero-order valence-corrected chi connectivity index (χ0v) is 16.7. The minimum atomic E-state index is -0.505. The molecule has 2 N–H and O–H groups in total. The largest absolute Gasteiger partial charge is 0.490 e. The van der Waals surface area contributed by atoms with Crippen molar-refractivity contribution in [1.29, 1.82) is 0 Å². The second-order valence-corrected chi connectivity index (χ2v) is 8.00. The maximum atomic E-state index is 13.9. The number of halogens is 1. The van der Waals surface area contributed by atoms with E-state index in [1.807, 2.05) is 6.92 Å². The number of hydroxylamine groups is 2. The lowest BCUT2D eigenvalue weighted by Crippen LogP contribution is -2.28. The molecule has 1 aliphatic heterocycles. The van der Waals surface area contributed by atoms with E-state index < -0.39 is 6.03 Å². The number of carbonyl (C=O) groups is 2. The summed E-state index contributed by atoms with van der Waals surface area (Å²) in [5, 5.41) is 3.21. The minimum absolute atomic E-state index is 0.0450. The molecular weight excluding hydrogens is 385 g/mol. The molecule has 154 valence electrons. The van der Waals surface area contributed by atoms with Gasteiger partial charge in [0.1, 0.15) is 6.54 Å². The van der Waals surface area contributed by atoms with Gasteiger partial charge in [-0.2, -0.15) is 5.06 Å². The number of hydrogen-bond donors (Lipinski definition) is 2. The van der Waals surface area contributed by atoms with Crippen LogP contribution in [0.3, 0.4) is 0 Å². The van der Waals surface area contributed by atoms with Gasteiger partial charge in [-0.15, -0.1) is 0 Å². The molecule has 0 bridgehead atoms. The van der Waals surface area contributed by atoms with E-state index in [1.54, 1.807) is 24.1 Å². The number of rotatable bonds is 12. The summed E-state index contributed by atoms with van der Waals surface area (Å²) in [5.41, 5.74) is 0.979. The molecule has 1 saturated carbocycles. The van der Waals surface area contributed by atoms with Crippen LogP contribution in [0.15, 0.2) is 18.2 Å². The van der Waals surface area contributed by atoms with E-state index in [0.29, 0.717) is 24.9 Å². The molecule has 0 spiro atoms. The fourth-order valence-corrected chi connectivity index (χ4v) is 3.48. The second-order valence-electron chi connectivity index (χ2n) is 7.06. The summed E-state index contributed by atoms with van der Waals surface area (Å²) < 4.78 is 22.8. The molecule has 1 atom stereocenters. The van der Waals surface area contributed by atoms with Gasteiger partial charge in [0.05, 0.1) is 13.2 Å². The number of urea groups is 1. The summed E-state index contributed by atoms with van der Waals surface area (Å²) in [7, 11) is 0. The molecule has 9 heteroatoms. The number of nitrogens with zero attached hydrogens (tertiary/aromatic N) is 1. The average Bonchev–Trinajstić information content (AvgIpc) is 3.44. The Hall–Kier alpha value is -1.84. The summed E-state index contributed by atoms with van der Waals surface area (Å²) in [5.74, 6) is 1.10. The quantitative estimate of drug-likeness (QED) is 0.312. The highest BCUT2D eigenvalue weighted by Gasteiger charge is 2.27. The topological polar surface area (TPSA) is 79.9 Å². The zero-order chi connectivity index (χ0) is 19.9. The Morgan fingerprint density at radius 1 is 1.36 bits per heavy atom. The van der Waals surface area contributed by atoms with Gasteiger partial charge in [0, 0.05) is 11.8 Å². The Bertz CT molecular complexity index is 702. The SMILES string of the molecule is CC(NSCCCCON1CC(=O)NC1=O)c1ccc(F)c(OCC2CC2)c1. The van der Waals surface area contributed by atoms with Crippen LogP contribution in [0.4, 0.5) is 9.18 Å². The van der Waals surface area contributed by atoms with Crippen LogP contribution in [0, 0.1) is 11.7 Å². The van der Waals surface area contributed by atoms with Crippen molar-refractivity contribution in [2.75, 3.05) is 25.5 Å². The molecule has 7 nitrogen and oxygen atoms in total. The van der Waals surface area contributed by atoms with E-state index in [4.69, 9.17) is 9.57 Å². The molecule has 2 fully saturated rings. The Morgan fingerprint density at radius 2 is 2.18 bits per heavy atom. The van der Waals surface area contributed by atoms with Gasteiger partial charge in [-0.05, 0) is 56.2 Å². The predicted octanol–water partition coefficient (Wildman–Crippen LogP) is 3.18. The number of carbonyl (C=O) groups excluding carboxylic acids is 2. The van der Waals surface area contributed by atoms with Crippen molar-refractivity contribution in [1.82, 2.24) is 15.1 Å². The van der Waals surface area contributed by atoms with Gasteiger partial charge in [0.25, 0.3) is 0 Å². The first kappa shape index (κ1) is 20.9. The molecule has 3 rings (SSSR count). The fourth-order valence-electron chi connectivity index (χ4n) is 2.62. The third kappa shape index (κ3) is 6.35. The Labute approximate surface area is 168 Å². The first-order valence-corrected chi connectivity index (χ1v) is 10.6. The second kappa shape index (κ2) is 10.1. The van der Waals surface area contributed by atoms with E-state index >= 15 is 0 Å². The van der Waals surface area contributed by atoms with E-state index in [9.17, 15) is 14.0 Å². The van der Waals surface area contributed by atoms with E-state index in [1.165, 1.54) is 18.9 Å². The summed E-state index contributed by atoms with van der Waals surface area (Å²) in [6, 6.07) is 4.55. The lowest BCUT2D eigenvalue weighted by molar-refractivity contribution is -0.130. The van der Waals surface area contributed by atoms with E-state index in [2.05, 4.69) is 10.0 Å². The highest BCUT2D eigenvalue weighted by Crippen LogP contribution is 2.31. The maximum Gasteiger partial charge on any atom is 0.348 e. The van der Waals surface area contributed by atoms with E-state index in [-0.39, 0.29) is 24.3 Å². The van der Waals surface area contributed by atoms with Crippen LogP contribution in [0.5, 0.6) is 5.75 Å². The molecule has 1 unspecified atom stereocenters. The molecule has 2 aliphatic rings. The molecule has 0 aromatic heterocycles. The van der Waals surface area contributed by atoms with Gasteiger partial charge < -0.3 is 4.74 Å². The lowest BCUT2D eigenvalue weighted by Gasteiger charge is -2.16. The number of amides is 3. The first-order valence-electron chi connectivity index (χ1n) is 9.56. The summed E-state index contributed by atoms with van der Waals surface area (Å²) in [6.07, 6.45) is 4.01. The maximum absolute atomic E-state index is 13.9. The summed E-state index contributed by atoms with van der Waals surface area (Å²) >= 11 is 1.59. The van der Waals surface area contributed by atoms with Crippen molar-refractivity contribution in [3.05, 3.63) is 29.6 Å². The van der Waals surface area contributed by atoms with Crippen molar-refractivity contribution in [2.45, 2.75) is 38.6 Å². The minimum Gasteiger partial charge on any atom is -0.490 e. The zero-order valence-electron chi connectivity index (χ0n) is 15.9. The lowest BCUT2D eigenvalue weighted by atomic mass is 10.1. The smallest absolute Gasteiger partial charge is 0.348 e. The third-order valence-corrected chi connectivity index (χ3v) is 5.55. The molecule has 3 amide bonds. The normalized spacial score (nSPS) is 17.7. The van der Waals surface area contributed by atoms with Gasteiger partial charge in [-0.3, -0.25) is 19.7 Å².